The monoisotopic (exact) mass is 229 g/mol. The minimum absolute atomic E-state index is 0.376. The van der Waals surface area contributed by atoms with E-state index in [2.05, 4.69) is 12.2 Å². The SMILES string of the molecule is COCC(O)CNC(C)CCC1CCCC1. The fourth-order valence-corrected chi connectivity index (χ4v) is 2.48. The van der Waals surface area contributed by atoms with Crippen molar-refractivity contribution in [3.8, 4) is 0 Å². The molecule has 16 heavy (non-hydrogen) atoms. The van der Waals surface area contributed by atoms with Gasteiger partial charge in [-0.1, -0.05) is 25.7 Å². The minimum Gasteiger partial charge on any atom is -0.389 e. The smallest absolute Gasteiger partial charge is 0.0897 e. The van der Waals surface area contributed by atoms with Crippen molar-refractivity contribution in [2.45, 2.75) is 57.6 Å². The fraction of sp³-hybridized carbons (Fsp3) is 1.00. The standard InChI is InChI=1S/C13H27NO2/c1-11(14-9-13(15)10-16-2)7-8-12-5-3-4-6-12/h11-15H,3-10H2,1-2H3. The second-order valence-electron chi connectivity index (χ2n) is 5.15. The molecule has 0 aromatic heterocycles. The molecule has 0 heterocycles. The second kappa shape index (κ2) is 8.04. The lowest BCUT2D eigenvalue weighted by Crippen LogP contribution is -2.35. The average molecular weight is 229 g/mol. The normalized spacial score (nSPS) is 21.2. The molecule has 0 bridgehead atoms. The topological polar surface area (TPSA) is 41.5 Å². The zero-order chi connectivity index (χ0) is 11.8. The first kappa shape index (κ1) is 13.9. The van der Waals surface area contributed by atoms with Crippen molar-refractivity contribution in [3.05, 3.63) is 0 Å². The van der Waals surface area contributed by atoms with Crippen LogP contribution in [0.25, 0.3) is 0 Å². The lowest BCUT2D eigenvalue weighted by Gasteiger charge is -2.18. The molecule has 0 aliphatic heterocycles. The Morgan fingerprint density at radius 2 is 2.06 bits per heavy atom. The average Bonchev–Trinajstić information content (AvgIpc) is 2.77. The van der Waals surface area contributed by atoms with Gasteiger partial charge in [-0.3, -0.25) is 0 Å². The third-order valence-electron chi connectivity index (χ3n) is 3.54. The Morgan fingerprint density at radius 3 is 2.69 bits per heavy atom. The fourth-order valence-electron chi connectivity index (χ4n) is 2.48. The molecular formula is C13H27NO2. The highest BCUT2D eigenvalue weighted by Crippen LogP contribution is 2.28. The first-order valence-corrected chi connectivity index (χ1v) is 6.62. The molecule has 2 atom stereocenters. The van der Waals surface area contributed by atoms with Gasteiger partial charge in [-0.15, -0.1) is 0 Å². The van der Waals surface area contributed by atoms with Crippen LogP contribution in [0.2, 0.25) is 0 Å². The summed E-state index contributed by atoms with van der Waals surface area (Å²) in [5, 5.41) is 12.9. The quantitative estimate of drug-likeness (QED) is 0.668. The third kappa shape index (κ3) is 5.83. The van der Waals surface area contributed by atoms with Gasteiger partial charge in [0.25, 0.3) is 0 Å². The Hall–Kier alpha value is -0.120. The summed E-state index contributed by atoms with van der Waals surface area (Å²) in [5.41, 5.74) is 0. The van der Waals surface area contributed by atoms with Crippen molar-refractivity contribution >= 4 is 0 Å². The molecule has 1 aliphatic carbocycles. The summed E-state index contributed by atoms with van der Waals surface area (Å²) in [6.45, 7) is 3.26. The molecule has 96 valence electrons. The van der Waals surface area contributed by atoms with Crippen LogP contribution in [0.1, 0.15) is 45.4 Å². The van der Waals surface area contributed by atoms with Gasteiger partial charge in [-0.25, -0.2) is 0 Å². The zero-order valence-corrected chi connectivity index (χ0v) is 10.7. The van der Waals surface area contributed by atoms with E-state index in [1.807, 2.05) is 0 Å². The molecule has 3 nitrogen and oxygen atoms in total. The molecule has 2 N–H and O–H groups in total. The van der Waals surface area contributed by atoms with E-state index >= 15 is 0 Å². The summed E-state index contributed by atoms with van der Waals surface area (Å²) in [6, 6.07) is 0.507. The highest BCUT2D eigenvalue weighted by molar-refractivity contribution is 4.71. The number of aliphatic hydroxyl groups excluding tert-OH is 1. The van der Waals surface area contributed by atoms with Crippen molar-refractivity contribution in [3.63, 3.8) is 0 Å². The third-order valence-corrected chi connectivity index (χ3v) is 3.54. The Morgan fingerprint density at radius 1 is 1.38 bits per heavy atom. The highest BCUT2D eigenvalue weighted by atomic mass is 16.5. The number of hydrogen-bond donors (Lipinski definition) is 2. The molecule has 0 saturated heterocycles. The molecule has 0 radical (unpaired) electrons. The second-order valence-corrected chi connectivity index (χ2v) is 5.15. The Balaban J connectivity index is 1.99. The predicted molar refractivity (Wildman–Crippen MR) is 66.5 cm³/mol. The van der Waals surface area contributed by atoms with Crippen molar-refractivity contribution in [2.24, 2.45) is 5.92 Å². The molecular weight excluding hydrogens is 202 g/mol. The van der Waals surface area contributed by atoms with Gasteiger partial charge >= 0.3 is 0 Å². The van der Waals surface area contributed by atoms with E-state index in [-0.39, 0.29) is 6.10 Å². The summed E-state index contributed by atoms with van der Waals surface area (Å²) in [7, 11) is 1.62. The molecule has 1 aliphatic rings. The number of aliphatic hydroxyl groups is 1. The summed E-state index contributed by atoms with van der Waals surface area (Å²) >= 11 is 0. The first-order chi connectivity index (χ1) is 7.72. The van der Waals surface area contributed by atoms with E-state index in [1.54, 1.807) is 7.11 Å². The van der Waals surface area contributed by atoms with Gasteiger partial charge in [-0.05, 0) is 25.7 Å². The van der Waals surface area contributed by atoms with Crippen LogP contribution in [0.3, 0.4) is 0 Å². The summed E-state index contributed by atoms with van der Waals surface area (Å²) < 4.78 is 4.89. The van der Waals surface area contributed by atoms with Gasteiger partial charge in [0, 0.05) is 19.7 Å². The zero-order valence-electron chi connectivity index (χ0n) is 10.7. The van der Waals surface area contributed by atoms with Gasteiger partial charge in [0.2, 0.25) is 0 Å². The van der Waals surface area contributed by atoms with Gasteiger partial charge in [0.15, 0.2) is 0 Å². The number of nitrogens with one attached hydrogen (secondary N) is 1. The van der Waals surface area contributed by atoms with E-state index < -0.39 is 0 Å². The van der Waals surface area contributed by atoms with Gasteiger partial charge in [0.05, 0.1) is 12.7 Å². The molecule has 0 aromatic rings. The van der Waals surface area contributed by atoms with Crippen molar-refractivity contribution in [1.29, 1.82) is 0 Å². The van der Waals surface area contributed by atoms with Gasteiger partial charge < -0.3 is 15.2 Å². The van der Waals surface area contributed by atoms with E-state index in [9.17, 15) is 5.11 Å². The maximum atomic E-state index is 9.49. The minimum atomic E-state index is -0.376. The number of hydrogen-bond acceptors (Lipinski definition) is 3. The van der Waals surface area contributed by atoms with Crippen LogP contribution in [-0.2, 0) is 4.74 Å². The number of rotatable bonds is 8. The predicted octanol–water partition coefficient (Wildman–Crippen LogP) is 1.94. The first-order valence-electron chi connectivity index (χ1n) is 6.62. The van der Waals surface area contributed by atoms with E-state index in [1.165, 1.54) is 38.5 Å². The summed E-state index contributed by atoms with van der Waals surface area (Å²) in [4.78, 5) is 0. The maximum absolute atomic E-state index is 9.49. The van der Waals surface area contributed by atoms with Gasteiger partial charge in [0.1, 0.15) is 0 Å². The number of ether oxygens (including phenoxy) is 1. The van der Waals surface area contributed by atoms with Crippen molar-refractivity contribution in [2.75, 3.05) is 20.3 Å². The molecule has 2 unspecified atom stereocenters. The molecule has 0 aromatic carbocycles. The lowest BCUT2D eigenvalue weighted by molar-refractivity contribution is 0.0627. The molecule has 1 fully saturated rings. The van der Waals surface area contributed by atoms with Crippen LogP contribution in [0.15, 0.2) is 0 Å². The lowest BCUT2D eigenvalue weighted by atomic mass is 9.99. The Labute approximate surface area is 99.6 Å². The van der Waals surface area contributed by atoms with Crippen LogP contribution < -0.4 is 5.32 Å². The van der Waals surface area contributed by atoms with Gasteiger partial charge in [-0.2, -0.15) is 0 Å². The Bertz CT molecular complexity index is 169. The molecule has 1 rings (SSSR count). The van der Waals surface area contributed by atoms with Crippen LogP contribution in [0.4, 0.5) is 0 Å². The van der Waals surface area contributed by atoms with Crippen molar-refractivity contribution < 1.29 is 9.84 Å². The van der Waals surface area contributed by atoms with E-state index in [0.29, 0.717) is 19.2 Å². The van der Waals surface area contributed by atoms with Crippen molar-refractivity contribution in [1.82, 2.24) is 5.32 Å². The van der Waals surface area contributed by atoms with Crippen LogP contribution in [0.5, 0.6) is 0 Å². The molecule has 3 heteroatoms. The summed E-state index contributed by atoms with van der Waals surface area (Å²) in [6.07, 6.45) is 7.91. The number of methoxy groups -OCH3 is 1. The van der Waals surface area contributed by atoms with Crippen LogP contribution in [0, 0.1) is 5.92 Å². The van der Waals surface area contributed by atoms with Crippen LogP contribution in [-0.4, -0.2) is 37.5 Å². The largest absolute Gasteiger partial charge is 0.389 e. The highest BCUT2D eigenvalue weighted by Gasteiger charge is 2.15. The molecule has 0 amide bonds. The summed E-state index contributed by atoms with van der Waals surface area (Å²) in [5.74, 6) is 0.966. The maximum Gasteiger partial charge on any atom is 0.0897 e. The molecule has 1 saturated carbocycles. The van der Waals surface area contributed by atoms with E-state index in [4.69, 9.17) is 4.74 Å². The van der Waals surface area contributed by atoms with E-state index in [0.717, 1.165) is 5.92 Å². The van der Waals surface area contributed by atoms with Crippen LogP contribution >= 0.6 is 0 Å². The molecule has 0 spiro atoms. The Kier molecular flexibility index (Phi) is 7.01.